The van der Waals surface area contributed by atoms with E-state index in [4.69, 9.17) is 9.47 Å². The van der Waals surface area contributed by atoms with Crippen LogP contribution in [0.3, 0.4) is 0 Å². The molecule has 17 heteroatoms. The van der Waals surface area contributed by atoms with Crippen LogP contribution in [0.4, 0.5) is 11.4 Å². The topological polar surface area (TPSA) is 202 Å². The van der Waals surface area contributed by atoms with Crippen LogP contribution < -0.4 is 18.5 Å². The van der Waals surface area contributed by atoms with Gasteiger partial charge in [0.2, 0.25) is 10.0 Å². The summed E-state index contributed by atoms with van der Waals surface area (Å²) in [6.07, 6.45) is 6.90. The third-order valence-electron chi connectivity index (χ3n) is 13.2. The van der Waals surface area contributed by atoms with E-state index in [0.717, 1.165) is 44.0 Å². The van der Waals surface area contributed by atoms with E-state index in [1.807, 2.05) is 47.5 Å². The Morgan fingerprint density at radius 2 is 1.37 bits per heavy atom. The van der Waals surface area contributed by atoms with Crippen molar-refractivity contribution in [1.82, 2.24) is 19.1 Å². The fourth-order valence-electron chi connectivity index (χ4n) is 10.00. The van der Waals surface area contributed by atoms with Gasteiger partial charge in [0, 0.05) is 77.1 Å². The Morgan fingerprint density at radius 3 is 1.95 bits per heavy atom. The number of methoxy groups -OCH3 is 2. The molecule has 4 aromatic carbocycles. The first kappa shape index (κ1) is 41.7. The second kappa shape index (κ2) is 15.0. The molecule has 1 saturated carbocycles. The average Bonchev–Trinajstić information content (AvgIpc) is 3.74. The van der Waals surface area contributed by atoms with Crippen LogP contribution in [0.1, 0.15) is 54.5 Å². The number of benzene rings is 4. The molecule has 1 fully saturated rings. The van der Waals surface area contributed by atoms with E-state index in [9.17, 15) is 32.2 Å². The Balaban J connectivity index is 1.13. The van der Waals surface area contributed by atoms with Gasteiger partial charge < -0.3 is 18.6 Å². The van der Waals surface area contributed by atoms with Crippen molar-refractivity contribution >= 4 is 80.8 Å². The van der Waals surface area contributed by atoms with Crippen molar-refractivity contribution in [3.63, 3.8) is 0 Å². The number of anilines is 2. The van der Waals surface area contributed by atoms with Crippen molar-refractivity contribution in [2.45, 2.75) is 55.8 Å². The summed E-state index contributed by atoms with van der Waals surface area (Å²) in [5, 5.41) is 24.2. The number of fused-ring (bicyclic) bond motifs is 7. The highest BCUT2D eigenvalue weighted by Gasteiger charge is 2.41. The summed E-state index contributed by atoms with van der Waals surface area (Å²) in [5.41, 5.74) is 4.51. The molecular weight excluding hydrogens is 841 g/mol. The smallest absolute Gasteiger partial charge is 0.252 e. The van der Waals surface area contributed by atoms with Gasteiger partial charge in [0.1, 0.15) is 23.6 Å². The number of ketones is 1. The standard InChI is InChI=1S/C46H44N8O7S2/c1-52-37-10-6-29(20-32(37)41-34(8-12-39(60-3)43(41)52)45(24-47)17-14-31(55)15-18-45)51-63(58,59)27-54(62(5,56)57)30-7-11-38-33(21-30)42-35(9-13-40(61-4)44(42)53(38)2)46(25-48)19-16-36-28(22-46)23-49-26-50-36/h6-13,20-21,23,26,51H,14-19,22,27H2,1-5H3. The van der Waals surface area contributed by atoms with Crippen molar-refractivity contribution in [2.75, 3.05) is 35.4 Å². The van der Waals surface area contributed by atoms with E-state index >= 15 is 0 Å². The molecule has 3 aromatic heterocycles. The fourth-order valence-corrected chi connectivity index (χ4v) is 12.7. The number of aryl methyl sites for hydroxylation is 3. The summed E-state index contributed by atoms with van der Waals surface area (Å²) >= 11 is 0. The third kappa shape index (κ3) is 6.69. The molecule has 0 aliphatic heterocycles. The Labute approximate surface area is 364 Å². The number of aromatic nitrogens is 4. The zero-order chi connectivity index (χ0) is 44.6. The molecule has 0 spiro atoms. The second-order valence-electron chi connectivity index (χ2n) is 16.7. The largest absolute Gasteiger partial charge is 0.495 e. The Kier molecular flexibility index (Phi) is 9.91. The molecule has 0 bridgehead atoms. The second-order valence-corrected chi connectivity index (χ2v) is 20.3. The predicted octanol–water partition coefficient (Wildman–Crippen LogP) is 6.80. The van der Waals surface area contributed by atoms with Gasteiger partial charge in [0.25, 0.3) is 10.0 Å². The van der Waals surface area contributed by atoms with Gasteiger partial charge >= 0.3 is 0 Å². The summed E-state index contributed by atoms with van der Waals surface area (Å²) < 4.78 is 74.6. The lowest BCUT2D eigenvalue weighted by atomic mass is 9.68. The molecule has 1 atom stereocenters. The van der Waals surface area contributed by atoms with E-state index in [-0.39, 0.29) is 30.0 Å². The molecule has 3 heterocycles. The van der Waals surface area contributed by atoms with Crippen molar-refractivity contribution in [3.8, 4) is 23.6 Å². The van der Waals surface area contributed by atoms with Gasteiger partial charge in [-0.3, -0.25) is 13.8 Å². The van der Waals surface area contributed by atoms with Crippen LogP contribution in [-0.4, -0.2) is 68.1 Å². The highest BCUT2D eigenvalue weighted by Crippen LogP contribution is 2.48. The van der Waals surface area contributed by atoms with Gasteiger partial charge in [-0.1, -0.05) is 12.1 Å². The van der Waals surface area contributed by atoms with Crippen LogP contribution in [0.15, 0.2) is 73.2 Å². The van der Waals surface area contributed by atoms with Gasteiger partial charge in [-0.05, 0) is 97.3 Å². The molecule has 322 valence electrons. The molecule has 1 unspecified atom stereocenters. The zero-order valence-corrected chi connectivity index (χ0v) is 37.0. The number of rotatable bonds is 10. The van der Waals surface area contributed by atoms with Gasteiger partial charge in [-0.15, -0.1) is 0 Å². The van der Waals surface area contributed by atoms with Crippen molar-refractivity contribution in [2.24, 2.45) is 14.1 Å². The first-order valence-electron chi connectivity index (χ1n) is 20.4. The predicted molar refractivity (Wildman–Crippen MR) is 241 cm³/mol. The molecule has 2 aliphatic rings. The van der Waals surface area contributed by atoms with E-state index in [0.29, 0.717) is 76.2 Å². The number of carbonyl (C=O) groups excluding carboxylic acids is 1. The lowest BCUT2D eigenvalue weighted by molar-refractivity contribution is -0.120. The number of nitrogens with one attached hydrogen (secondary N) is 1. The maximum absolute atomic E-state index is 14.2. The average molecular weight is 885 g/mol. The SMILES string of the molecule is COc1ccc(C2(C#N)CCC(=O)CC2)c2c3cc(NS(=O)(=O)CN(c4ccc5c(c4)c4c(C6(C#N)CCc7ncncc7C6)ccc(OC)c4n5C)S(C)(=O)=O)ccc3n(C)c12. The summed E-state index contributed by atoms with van der Waals surface area (Å²) in [5.74, 6) is 0.280. The minimum absolute atomic E-state index is 0.110. The number of nitrogens with zero attached hydrogens (tertiary/aromatic N) is 7. The quantitative estimate of drug-likeness (QED) is 0.151. The third-order valence-corrected chi connectivity index (χ3v) is 15.6. The number of sulfonamides is 2. The lowest BCUT2D eigenvalue weighted by Gasteiger charge is -2.32. The molecule has 1 N–H and O–H groups in total. The zero-order valence-electron chi connectivity index (χ0n) is 35.4. The van der Waals surface area contributed by atoms with Crippen LogP contribution >= 0.6 is 0 Å². The minimum atomic E-state index is -4.42. The summed E-state index contributed by atoms with van der Waals surface area (Å²) in [4.78, 5) is 21.0. The van der Waals surface area contributed by atoms with E-state index in [2.05, 4.69) is 26.8 Å². The summed E-state index contributed by atoms with van der Waals surface area (Å²) in [6, 6.07) is 22.5. The summed E-state index contributed by atoms with van der Waals surface area (Å²) in [6.45, 7) is 0. The van der Waals surface area contributed by atoms with Crippen molar-refractivity contribution < 1.29 is 31.1 Å². The highest BCUT2D eigenvalue weighted by atomic mass is 32.2. The summed E-state index contributed by atoms with van der Waals surface area (Å²) in [7, 11) is -1.78. The van der Waals surface area contributed by atoms with Crippen molar-refractivity contribution in [1.29, 1.82) is 10.5 Å². The Bertz CT molecular complexity index is 3390. The molecular formula is C46H44N8O7S2. The fraction of sp³-hybridized carbons (Fsp3) is 0.326. The van der Waals surface area contributed by atoms with Crippen LogP contribution in [0, 0.1) is 22.7 Å². The Morgan fingerprint density at radius 1 is 0.794 bits per heavy atom. The molecule has 0 radical (unpaired) electrons. The molecule has 2 aliphatic carbocycles. The number of Topliss-reactive ketones (excluding diaryl/α,β-unsaturated/α-hetero) is 1. The molecule has 15 nitrogen and oxygen atoms in total. The molecule has 9 rings (SSSR count). The molecule has 0 amide bonds. The van der Waals surface area contributed by atoms with Crippen LogP contribution in [0.5, 0.6) is 11.5 Å². The van der Waals surface area contributed by atoms with Gasteiger partial charge in [0.05, 0.1) is 60.2 Å². The number of hydrogen-bond acceptors (Lipinski definition) is 11. The maximum Gasteiger partial charge on any atom is 0.252 e. The molecule has 0 saturated heterocycles. The van der Waals surface area contributed by atoms with E-state index < -0.39 is 36.8 Å². The molecule has 63 heavy (non-hydrogen) atoms. The number of nitriles is 2. The maximum atomic E-state index is 14.2. The number of ether oxygens (including phenoxy) is 2. The Hall–Kier alpha value is -6.69. The molecule has 7 aromatic rings. The first-order valence-corrected chi connectivity index (χ1v) is 23.9. The number of hydrogen-bond donors (Lipinski definition) is 1. The van der Waals surface area contributed by atoms with Crippen LogP contribution in [0.2, 0.25) is 0 Å². The van der Waals surface area contributed by atoms with Gasteiger partial charge in [-0.2, -0.15) is 10.5 Å². The lowest BCUT2D eigenvalue weighted by Crippen LogP contribution is -2.37. The monoisotopic (exact) mass is 884 g/mol. The minimum Gasteiger partial charge on any atom is -0.495 e. The van der Waals surface area contributed by atoms with Gasteiger partial charge in [-0.25, -0.2) is 26.8 Å². The van der Waals surface area contributed by atoms with Crippen LogP contribution in [-0.2, 0) is 62.6 Å². The first-order chi connectivity index (χ1) is 30.1. The normalized spacial score (nSPS) is 17.7. The van der Waals surface area contributed by atoms with E-state index in [1.165, 1.54) is 6.33 Å². The van der Waals surface area contributed by atoms with E-state index in [1.54, 1.807) is 56.8 Å². The number of carbonyl (C=O) groups is 1. The highest BCUT2D eigenvalue weighted by molar-refractivity contribution is 7.96. The van der Waals surface area contributed by atoms with Gasteiger partial charge in [0.15, 0.2) is 5.88 Å². The van der Waals surface area contributed by atoms with Crippen molar-refractivity contribution in [3.05, 3.63) is 95.6 Å². The van der Waals surface area contributed by atoms with Crippen LogP contribution in [0.25, 0.3) is 43.6 Å².